The second-order valence-electron chi connectivity index (χ2n) is 7.10. The van der Waals surface area contributed by atoms with Gasteiger partial charge in [-0.1, -0.05) is 35.9 Å². The lowest BCUT2D eigenvalue weighted by atomic mass is 10.1. The molecule has 2 aromatic carbocycles. The fourth-order valence-corrected chi connectivity index (χ4v) is 3.28. The molecule has 0 spiro atoms. The summed E-state index contributed by atoms with van der Waals surface area (Å²) in [5.74, 6) is 0.0143. The van der Waals surface area contributed by atoms with E-state index >= 15 is 0 Å². The minimum Gasteiger partial charge on any atom is -0.378 e. The summed E-state index contributed by atoms with van der Waals surface area (Å²) < 4.78 is 5.28. The quantitative estimate of drug-likeness (QED) is 0.809. The Balaban J connectivity index is 1.53. The number of rotatable bonds is 5. The molecule has 0 saturated carbocycles. The van der Waals surface area contributed by atoms with Gasteiger partial charge in [-0.3, -0.25) is 4.79 Å². The van der Waals surface area contributed by atoms with Gasteiger partial charge >= 0.3 is 6.03 Å². The molecule has 29 heavy (non-hydrogen) atoms. The lowest BCUT2D eigenvalue weighted by Crippen LogP contribution is -2.40. The molecule has 0 radical (unpaired) electrons. The standard InChI is InChI=1S/C22H26ClN3O3/c1-16(18-7-9-20(23)10-8-18)25(2)22(28)24-15-17-3-5-19(6-4-17)21(27)26-11-13-29-14-12-26/h3-10,16H,11-15H2,1-2H3,(H,24,28)/t16-/m1/s1. The minimum absolute atomic E-state index is 0.0143. The number of nitrogens with zero attached hydrogens (tertiary/aromatic N) is 2. The summed E-state index contributed by atoms with van der Waals surface area (Å²) >= 11 is 5.93. The lowest BCUT2D eigenvalue weighted by Gasteiger charge is -2.27. The van der Waals surface area contributed by atoms with Crippen LogP contribution >= 0.6 is 11.6 Å². The Labute approximate surface area is 176 Å². The Bertz CT molecular complexity index is 833. The molecule has 0 bridgehead atoms. The van der Waals surface area contributed by atoms with Crippen LogP contribution in [-0.4, -0.2) is 55.1 Å². The third-order valence-electron chi connectivity index (χ3n) is 5.20. The van der Waals surface area contributed by atoms with Crippen molar-refractivity contribution in [3.63, 3.8) is 0 Å². The van der Waals surface area contributed by atoms with Crippen molar-refractivity contribution in [3.8, 4) is 0 Å². The summed E-state index contributed by atoms with van der Waals surface area (Å²) in [5, 5.41) is 3.59. The third kappa shape index (κ3) is 5.49. The van der Waals surface area contributed by atoms with Crippen molar-refractivity contribution < 1.29 is 14.3 Å². The van der Waals surface area contributed by atoms with Crippen LogP contribution in [0.15, 0.2) is 48.5 Å². The smallest absolute Gasteiger partial charge is 0.317 e. The maximum absolute atomic E-state index is 12.5. The van der Waals surface area contributed by atoms with Gasteiger partial charge in [-0.15, -0.1) is 0 Å². The summed E-state index contributed by atoms with van der Waals surface area (Å²) in [6.07, 6.45) is 0. The van der Waals surface area contributed by atoms with Crippen molar-refractivity contribution in [3.05, 3.63) is 70.2 Å². The number of ether oxygens (including phenoxy) is 1. The van der Waals surface area contributed by atoms with Crippen LogP contribution in [0.2, 0.25) is 5.02 Å². The van der Waals surface area contributed by atoms with E-state index in [0.717, 1.165) is 11.1 Å². The molecule has 0 aromatic heterocycles. The van der Waals surface area contributed by atoms with Crippen LogP contribution in [0.3, 0.4) is 0 Å². The molecule has 0 unspecified atom stereocenters. The summed E-state index contributed by atoms with van der Waals surface area (Å²) in [6, 6.07) is 14.6. The predicted molar refractivity (Wildman–Crippen MR) is 113 cm³/mol. The first kappa shape index (κ1) is 21.1. The molecule has 7 heteroatoms. The highest BCUT2D eigenvalue weighted by Gasteiger charge is 2.19. The number of halogens is 1. The highest BCUT2D eigenvalue weighted by Crippen LogP contribution is 2.21. The van der Waals surface area contributed by atoms with E-state index < -0.39 is 0 Å². The van der Waals surface area contributed by atoms with Gasteiger partial charge in [-0.2, -0.15) is 0 Å². The van der Waals surface area contributed by atoms with E-state index in [2.05, 4.69) is 5.32 Å². The number of carbonyl (C=O) groups is 2. The monoisotopic (exact) mass is 415 g/mol. The molecular formula is C22H26ClN3O3. The van der Waals surface area contributed by atoms with Crippen LogP contribution in [0.5, 0.6) is 0 Å². The first-order valence-corrected chi connectivity index (χ1v) is 10.1. The largest absolute Gasteiger partial charge is 0.378 e. The van der Waals surface area contributed by atoms with Crippen LogP contribution in [0.1, 0.15) is 34.5 Å². The number of nitrogens with one attached hydrogen (secondary N) is 1. The zero-order valence-electron chi connectivity index (χ0n) is 16.7. The van der Waals surface area contributed by atoms with E-state index in [9.17, 15) is 9.59 Å². The van der Waals surface area contributed by atoms with Crippen molar-refractivity contribution in [2.24, 2.45) is 0 Å². The Kier molecular flexibility index (Phi) is 7.12. The Hall–Kier alpha value is -2.57. The Morgan fingerprint density at radius 1 is 1.10 bits per heavy atom. The number of hydrogen-bond acceptors (Lipinski definition) is 3. The van der Waals surface area contributed by atoms with Gasteiger partial charge in [-0.05, 0) is 42.3 Å². The van der Waals surface area contributed by atoms with Gasteiger partial charge < -0.3 is 19.9 Å². The fraction of sp³-hybridized carbons (Fsp3) is 0.364. The average molecular weight is 416 g/mol. The van der Waals surface area contributed by atoms with E-state index in [0.29, 0.717) is 43.4 Å². The minimum atomic E-state index is -0.166. The van der Waals surface area contributed by atoms with E-state index in [4.69, 9.17) is 16.3 Å². The maximum Gasteiger partial charge on any atom is 0.317 e. The van der Waals surface area contributed by atoms with Gasteiger partial charge in [0, 0.05) is 37.3 Å². The first-order chi connectivity index (χ1) is 14.0. The number of urea groups is 1. The summed E-state index contributed by atoms with van der Waals surface area (Å²) in [6.45, 7) is 4.76. The summed E-state index contributed by atoms with van der Waals surface area (Å²) in [7, 11) is 1.76. The molecule has 1 fully saturated rings. The fourth-order valence-electron chi connectivity index (χ4n) is 3.16. The van der Waals surface area contributed by atoms with Gasteiger partial charge in [0.05, 0.1) is 19.3 Å². The molecular weight excluding hydrogens is 390 g/mol. The van der Waals surface area contributed by atoms with E-state index in [-0.39, 0.29) is 18.0 Å². The van der Waals surface area contributed by atoms with Crippen molar-refractivity contribution in [1.82, 2.24) is 15.1 Å². The molecule has 6 nitrogen and oxygen atoms in total. The normalized spacial score (nSPS) is 14.9. The summed E-state index contributed by atoms with van der Waals surface area (Å²) in [4.78, 5) is 28.4. The molecule has 154 valence electrons. The van der Waals surface area contributed by atoms with Crippen molar-refractivity contribution >= 4 is 23.5 Å². The van der Waals surface area contributed by atoms with Crippen molar-refractivity contribution in [2.45, 2.75) is 19.5 Å². The molecule has 3 amide bonds. The number of amides is 3. The zero-order chi connectivity index (χ0) is 20.8. The first-order valence-electron chi connectivity index (χ1n) is 9.68. The number of benzene rings is 2. The molecule has 1 heterocycles. The van der Waals surface area contributed by atoms with Crippen LogP contribution in [0.25, 0.3) is 0 Å². The molecule has 1 saturated heterocycles. The van der Waals surface area contributed by atoms with Gasteiger partial charge in [0.15, 0.2) is 0 Å². The van der Waals surface area contributed by atoms with Gasteiger partial charge in [0.1, 0.15) is 0 Å². The van der Waals surface area contributed by atoms with Gasteiger partial charge in [0.25, 0.3) is 5.91 Å². The average Bonchev–Trinajstić information content (AvgIpc) is 2.77. The van der Waals surface area contributed by atoms with Crippen molar-refractivity contribution in [2.75, 3.05) is 33.4 Å². The summed E-state index contributed by atoms with van der Waals surface area (Å²) in [5.41, 5.74) is 2.60. The number of carbonyl (C=O) groups excluding carboxylic acids is 2. The van der Waals surface area contributed by atoms with E-state index in [1.807, 2.05) is 43.3 Å². The molecule has 1 aliphatic rings. The second-order valence-corrected chi connectivity index (χ2v) is 7.54. The Morgan fingerprint density at radius 2 is 1.72 bits per heavy atom. The zero-order valence-corrected chi connectivity index (χ0v) is 17.5. The van der Waals surface area contributed by atoms with Crippen LogP contribution in [-0.2, 0) is 11.3 Å². The molecule has 1 aliphatic heterocycles. The molecule has 3 rings (SSSR count). The molecule has 1 atom stereocenters. The Morgan fingerprint density at radius 3 is 2.34 bits per heavy atom. The van der Waals surface area contributed by atoms with Gasteiger partial charge in [0.2, 0.25) is 0 Å². The molecule has 1 N–H and O–H groups in total. The van der Waals surface area contributed by atoms with Crippen molar-refractivity contribution in [1.29, 1.82) is 0 Å². The number of morpholine rings is 1. The predicted octanol–water partition coefficient (Wildman–Crippen LogP) is 3.72. The van der Waals surface area contributed by atoms with Crippen LogP contribution in [0, 0.1) is 0 Å². The number of hydrogen-bond donors (Lipinski definition) is 1. The molecule has 2 aromatic rings. The highest BCUT2D eigenvalue weighted by atomic mass is 35.5. The highest BCUT2D eigenvalue weighted by molar-refractivity contribution is 6.30. The SMILES string of the molecule is C[C@H](c1ccc(Cl)cc1)N(C)C(=O)NCc1ccc(C(=O)N2CCOCC2)cc1. The lowest BCUT2D eigenvalue weighted by molar-refractivity contribution is 0.0303. The van der Waals surface area contributed by atoms with Crippen LogP contribution in [0.4, 0.5) is 4.79 Å². The van der Waals surface area contributed by atoms with Crippen LogP contribution < -0.4 is 5.32 Å². The maximum atomic E-state index is 12.5. The van der Waals surface area contributed by atoms with E-state index in [1.54, 1.807) is 29.0 Å². The van der Waals surface area contributed by atoms with E-state index in [1.165, 1.54) is 0 Å². The second kappa shape index (κ2) is 9.76. The third-order valence-corrected chi connectivity index (χ3v) is 5.45. The molecule has 0 aliphatic carbocycles. The topological polar surface area (TPSA) is 61.9 Å². The van der Waals surface area contributed by atoms with Gasteiger partial charge in [-0.25, -0.2) is 4.79 Å².